The summed E-state index contributed by atoms with van der Waals surface area (Å²) >= 11 is 0. The van der Waals surface area contributed by atoms with Crippen LogP contribution in [0.3, 0.4) is 0 Å². The van der Waals surface area contributed by atoms with Gasteiger partial charge in [0, 0.05) is 21.5 Å². The zero-order valence-corrected chi connectivity index (χ0v) is 30.6. The number of fused-ring (bicyclic) bond motifs is 6. The molecule has 0 atom stereocenters. The third-order valence-electron chi connectivity index (χ3n) is 11.0. The summed E-state index contributed by atoms with van der Waals surface area (Å²) in [5.74, 6) is -1.45. The molecule has 270 valence electrons. The maximum atomic E-state index is 15.9. The highest BCUT2D eigenvalue weighted by Gasteiger charge is 2.25. The monoisotopic (exact) mass is 747 g/mol. The van der Waals surface area contributed by atoms with Crippen LogP contribution >= 0.6 is 0 Å². The first kappa shape index (κ1) is 34.2. The molecule has 0 spiro atoms. The fourth-order valence-corrected chi connectivity index (χ4v) is 8.44. The van der Waals surface area contributed by atoms with Crippen LogP contribution in [0.1, 0.15) is 11.1 Å². The number of benzene rings is 8. The van der Waals surface area contributed by atoms with Gasteiger partial charge in [0.05, 0.1) is 57.2 Å². The molecular weight excluding hydrogens is 721 g/mol. The van der Waals surface area contributed by atoms with E-state index in [1.54, 1.807) is 24.3 Å². The number of rotatable bonds is 5. The van der Waals surface area contributed by atoms with E-state index in [1.165, 1.54) is 18.2 Å². The Hall–Kier alpha value is -8.31. The topological polar surface area (TPSA) is 61.8 Å². The molecule has 0 saturated heterocycles. The van der Waals surface area contributed by atoms with Crippen molar-refractivity contribution < 1.29 is 8.78 Å². The van der Waals surface area contributed by atoms with Gasteiger partial charge in [-0.2, -0.15) is 10.5 Å². The number of nitriles is 2. The number of nitrogens with zero attached hydrogens (tertiary/aromatic N) is 5. The number of hydrogen-bond donors (Lipinski definition) is 0. The standard InChI is InChI=1S/C51H27F2N5/c1-56-44-18-7-4-13-36(44)32-22-24-48-40(26-32)38-15-6-9-20-46(38)58(48)50-28-34(51-42(52)16-10-17-43(51)53)27-49(41(50)30-55)57-45-19-8-5-14-37(45)39-25-31(21-23-47(39)57)35-12-3-2-11-33(35)29-54/h2-28H. The van der Waals surface area contributed by atoms with E-state index < -0.39 is 11.6 Å². The maximum Gasteiger partial charge on any atom is 0.194 e. The van der Waals surface area contributed by atoms with E-state index in [2.05, 4.69) is 23.0 Å². The van der Waals surface area contributed by atoms with Crippen LogP contribution in [0.15, 0.2) is 164 Å². The van der Waals surface area contributed by atoms with Crippen LogP contribution in [-0.4, -0.2) is 9.13 Å². The van der Waals surface area contributed by atoms with Crippen molar-refractivity contribution in [1.29, 1.82) is 10.5 Å². The molecule has 7 heteroatoms. The van der Waals surface area contributed by atoms with Crippen LogP contribution in [0.2, 0.25) is 0 Å². The predicted molar refractivity (Wildman–Crippen MR) is 227 cm³/mol. The molecule has 2 aromatic heterocycles. The van der Waals surface area contributed by atoms with Crippen molar-refractivity contribution in [3.05, 3.63) is 198 Å². The average molecular weight is 748 g/mol. The Labute approximate surface area is 331 Å². The summed E-state index contributed by atoms with van der Waals surface area (Å²) in [7, 11) is 0. The summed E-state index contributed by atoms with van der Waals surface area (Å²) in [4.78, 5) is 3.75. The van der Waals surface area contributed by atoms with E-state index >= 15 is 8.78 Å². The Morgan fingerprint density at radius 3 is 1.53 bits per heavy atom. The highest BCUT2D eigenvalue weighted by Crippen LogP contribution is 2.43. The second kappa shape index (κ2) is 13.5. The zero-order chi connectivity index (χ0) is 39.5. The Balaban J connectivity index is 1.31. The smallest absolute Gasteiger partial charge is 0.194 e. The molecule has 0 aliphatic rings. The Kier molecular flexibility index (Phi) is 7.94. The Morgan fingerprint density at radius 1 is 0.466 bits per heavy atom. The number of para-hydroxylation sites is 3. The van der Waals surface area contributed by atoms with Gasteiger partial charge in [-0.05, 0) is 94.5 Å². The minimum atomic E-state index is -0.727. The molecule has 0 bridgehead atoms. The fraction of sp³-hybridized carbons (Fsp3) is 0. The minimum Gasteiger partial charge on any atom is -0.308 e. The third kappa shape index (κ3) is 5.18. The van der Waals surface area contributed by atoms with Gasteiger partial charge in [-0.15, -0.1) is 0 Å². The highest BCUT2D eigenvalue weighted by molar-refractivity contribution is 6.12. The molecule has 10 aromatic rings. The minimum absolute atomic E-state index is 0.204. The van der Waals surface area contributed by atoms with E-state index in [0.29, 0.717) is 28.2 Å². The lowest BCUT2D eigenvalue weighted by atomic mass is 9.98. The molecule has 0 saturated carbocycles. The molecule has 0 aliphatic heterocycles. The molecule has 0 N–H and O–H groups in total. The summed E-state index contributed by atoms with van der Waals surface area (Å²) in [6, 6.07) is 54.6. The maximum absolute atomic E-state index is 15.9. The first-order valence-corrected chi connectivity index (χ1v) is 18.5. The molecule has 2 heterocycles. The van der Waals surface area contributed by atoms with Crippen molar-refractivity contribution in [2.24, 2.45) is 0 Å². The molecule has 0 radical (unpaired) electrons. The van der Waals surface area contributed by atoms with Gasteiger partial charge >= 0.3 is 0 Å². The summed E-state index contributed by atoms with van der Waals surface area (Å²) < 4.78 is 35.7. The Morgan fingerprint density at radius 2 is 0.966 bits per heavy atom. The second-order valence-corrected chi connectivity index (χ2v) is 14.1. The number of halogens is 2. The van der Waals surface area contributed by atoms with Crippen molar-refractivity contribution in [1.82, 2.24) is 9.13 Å². The van der Waals surface area contributed by atoms with Gasteiger partial charge in [-0.1, -0.05) is 97.1 Å². The van der Waals surface area contributed by atoms with Gasteiger partial charge in [0.2, 0.25) is 0 Å². The van der Waals surface area contributed by atoms with Crippen molar-refractivity contribution >= 4 is 49.3 Å². The van der Waals surface area contributed by atoms with Crippen molar-refractivity contribution in [2.75, 3.05) is 0 Å². The molecule has 58 heavy (non-hydrogen) atoms. The summed E-state index contributed by atoms with van der Waals surface area (Å²) in [5.41, 5.74) is 8.82. The zero-order valence-electron chi connectivity index (χ0n) is 30.6. The highest BCUT2D eigenvalue weighted by atomic mass is 19.1. The summed E-state index contributed by atoms with van der Waals surface area (Å²) in [6.45, 7) is 7.78. The largest absolute Gasteiger partial charge is 0.308 e. The molecule has 0 aliphatic carbocycles. The first-order chi connectivity index (χ1) is 28.5. The quantitative estimate of drug-likeness (QED) is 0.165. The normalized spacial score (nSPS) is 11.2. The number of aromatic nitrogens is 2. The fourth-order valence-electron chi connectivity index (χ4n) is 8.44. The van der Waals surface area contributed by atoms with E-state index in [4.69, 9.17) is 6.57 Å². The van der Waals surface area contributed by atoms with Crippen LogP contribution in [0.25, 0.3) is 93.2 Å². The Bertz CT molecular complexity index is 3260. The van der Waals surface area contributed by atoms with Gasteiger partial charge < -0.3 is 9.13 Å². The molecule has 0 unspecified atom stereocenters. The molecule has 0 amide bonds. The van der Waals surface area contributed by atoms with Gasteiger partial charge in [0.25, 0.3) is 0 Å². The predicted octanol–water partition coefficient (Wildman–Crippen LogP) is 13.5. The van der Waals surface area contributed by atoms with Gasteiger partial charge in [0.1, 0.15) is 23.3 Å². The van der Waals surface area contributed by atoms with Gasteiger partial charge in [-0.3, -0.25) is 0 Å². The molecular formula is C51H27F2N5. The van der Waals surface area contributed by atoms with E-state index in [-0.39, 0.29) is 11.1 Å². The van der Waals surface area contributed by atoms with Gasteiger partial charge in [0.15, 0.2) is 5.69 Å². The SMILES string of the molecule is [C-]#[N+]c1ccccc1-c1ccc2c(c1)c1ccccc1n2-c1cc(-c2c(F)cccc2F)cc(-n2c3ccccc3c3cc(-c4ccccc4C#N)ccc32)c1C#N. The van der Waals surface area contributed by atoms with E-state index in [9.17, 15) is 10.5 Å². The van der Waals surface area contributed by atoms with Crippen LogP contribution in [0.5, 0.6) is 0 Å². The van der Waals surface area contributed by atoms with E-state index in [1.807, 2.05) is 124 Å². The summed E-state index contributed by atoms with van der Waals surface area (Å²) in [6.07, 6.45) is 0. The van der Waals surface area contributed by atoms with Crippen LogP contribution < -0.4 is 0 Å². The molecule has 10 rings (SSSR count). The van der Waals surface area contributed by atoms with Gasteiger partial charge in [-0.25, -0.2) is 13.6 Å². The van der Waals surface area contributed by atoms with Crippen molar-refractivity contribution in [3.63, 3.8) is 0 Å². The lowest BCUT2D eigenvalue weighted by Crippen LogP contribution is -2.06. The lowest BCUT2D eigenvalue weighted by molar-refractivity contribution is 0.589. The molecule has 5 nitrogen and oxygen atoms in total. The molecule has 0 fully saturated rings. The number of hydrogen-bond acceptors (Lipinski definition) is 2. The van der Waals surface area contributed by atoms with E-state index in [0.717, 1.165) is 65.9 Å². The first-order valence-electron chi connectivity index (χ1n) is 18.5. The lowest BCUT2D eigenvalue weighted by Gasteiger charge is -2.19. The van der Waals surface area contributed by atoms with Crippen LogP contribution in [0.4, 0.5) is 14.5 Å². The average Bonchev–Trinajstić information content (AvgIpc) is 3.78. The summed E-state index contributed by atoms with van der Waals surface area (Å²) in [5, 5.41) is 24.8. The van der Waals surface area contributed by atoms with Crippen LogP contribution in [-0.2, 0) is 0 Å². The molecule has 8 aromatic carbocycles. The van der Waals surface area contributed by atoms with Crippen LogP contribution in [0, 0.1) is 40.9 Å². The third-order valence-corrected chi connectivity index (χ3v) is 11.0. The van der Waals surface area contributed by atoms with Crippen molar-refractivity contribution in [3.8, 4) is 56.9 Å². The second-order valence-electron chi connectivity index (χ2n) is 14.1. The van der Waals surface area contributed by atoms with Crippen molar-refractivity contribution in [2.45, 2.75) is 0 Å².